The Morgan fingerprint density at radius 2 is 1.79 bits per heavy atom. The van der Waals surface area contributed by atoms with Crippen LogP contribution in [0.1, 0.15) is 35.6 Å². The molecule has 2 aromatic rings. The second-order valence-corrected chi connectivity index (χ2v) is 7.32. The number of nitrogens with one attached hydrogen (secondary N) is 1. The third kappa shape index (κ3) is 3.68. The van der Waals surface area contributed by atoms with Crippen LogP contribution in [0.5, 0.6) is 5.75 Å². The predicted octanol–water partition coefficient (Wildman–Crippen LogP) is 2.49. The summed E-state index contributed by atoms with van der Waals surface area (Å²) >= 11 is 0. The average molecular weight is 384 g/mol. The molecule has 150 valence electrons. The van der Waals surface area contributed by atoms with Crippen molar-refractivity contribution in [1.82, 2.24) is 4.98 Å². The molecule has 2 aliphatic heterocycles. The van der Waals surface area contributed by atoms with Gasteiger partial charge in [-0.25, -0.2) is 0 Å². The van der Waals surface area contributed by atoms with Gasteiger partial charge in [-0.1, -0.05) is 12.1 Å². The lowest BCUT2D eigenvalue weighted by Crippen LogP contribution is -2.37. The van der Waals surface area contributed by atoms with Crippen molar-refractivity contribution in [3.8, 4) is 5.75 Å². The van der Waals surface area contributed by atoms with E-state index in [1.807, 2.05) is 12.1 Å². The molecule has 1 aromatic heterocycles. The van der Waals surface area contributed by atoms with Crippen LogP contribution in [0.3, 0.4) is 0 Å². The van der Waals surface area contributed by atoms with Crippen LogP contribution in [0.4, 0.5) is 11.5 Å². The van der Waals surface area contributed by atoms with Gasteiger partial charge in [0.2, 0.25) is 0 Å². The molecule has 4 rings (SSSR count). The van der Waals surface area contributed by atoms with E-state index in [2.05, 4.69) is 9.88 Å². The van der Waals surface area contributed by atoms with E-state index >= 15 is 0 Å². The molecule has 0 spiro atoms. The topological polar surface area (TPSA) is 110 Å². The van der Waals surface area contributed by atoms with E-state index in [0.717, 1.165) is 56.1 Å². The number of anilines is 2. The van der Waals surface area contributed by atoms with Gasteiger partial charge in [0.25, 0.3) is 0 Å². The van der Waals surface area contributed by atoms with Crippen LogP contribution in [-0.4, -0.2) is 49.6 Å². The molecule has 7 nitrogen and oxygen atoms in total. The summed E-state index contributed by atoms with van der Waals surface area (Å²) in [5, 5.41) is 10.2. The number of hydrogen-bond donors (Lipinski definition) is 4. The van der Waals surface area contributed by atoms with Gasteiger partial charge in [-0.15, -0.1) is 0 Å². The summed E-state index contributed by atoms with van der Waals surface area (Å²) in [6.07, 6.45) is 3.80. The Kier molecular flexibility index (Phi) is 5.45. The lowest BCUT2D eigenvalue weighted by Gasteiger charge is -2.32. The molecule has 2 fully saturated rings. The van der Waals surface area contributed by atoms with Crippen LogP contribution < -0.4 is 16.4 Å². The van der Waals surface area contributed by atoms with Crippen molar-refractivity contribution in [2.75, 3.05) is 50.2 Å². The van der Waals surface area contributed by atoms with Crippen LogP contribution in [0.15, 0.2) is 24.3 Å². The van der Waals surface area contributed by atoms with Gasteiger partial charge < -0.3 is 35.9 Å². The summed E-state index contributed by atoms with van der Waals surface area (Å²) in [7, 11) is 0. The monoisotopic (exact) mass is 384 g/mol. The molecular weight excluding hydrogens is 356 g/mol. The van der Waals surface area contributed by atoms with Crippen molar-refractivity contribution in [3.05, 3.63) is 41.1 Å². The average Bonchev–Trinajstić information content (AvgIpc) is 3.05. The number of nitrogen functional groups attached to an aromatic ring is 1. The molecule has 2 aliphatic rings. The number of nitrogens with zero attached hydrogens (tertiary/aromatic N) is 1. The van der Waals surface area contributed by atoms with Crippen molar-refractivity contribution >= 4 is 23.3 Å². The number of aromatic hydroxyl groups is 1. The Hall–Kier alpha value is -2.64. The summed E-state index contributed by atoms with van der Waals surface area (Å²) in [4.78, 5) is 5.75. The number of morpholine rings is 1. The highest BCUT2D eigenvalue weighted by molar-refractivity contribution is 5.90. The summed E-state index contributed by atoms with van der Waals surface area (Å²) in [6.45, 7) is 4.52. The zero-order valence-electron chi connectivity index (χ0n) is 16.0. The second kappa shape index (κ2) is 8.16. The van der Waals surface area contributed by atoms with Crippen molar-refractivity contribution in [2.45, 2.75) is 18.8 Å². The first-order chi connectivity index (χ1) is 13.6. The van der Waals surface area contributed by atoms with E-state index in [-0.39, 0.29) is 5.75 Å². The Labute approximate surface area is 164 Å². The smallest absolute Gasteiger partial charge is 0.124 e. The maximum atomic E-state index is 10.2. The van der Waals surface area contributed by atoms with Gasteiger partial charge in [-0.3, -0.25) is 0 Å². The molecule has 7 heteroatoms. The van der Waals surface area contributed by atoms with E-state index in [1.165, 1.54) is 0 Å². The molecule has 0 bridgehead atoms. The largest absolute Gasteiger partial charge is 0.507 e. The first kappa shape index (κ1) is 18.7. The number of phenols is 1. The second-order valence-electron chi connectivity index (χ2n) is 7.32. The fourth-order valence-electron chi connectivity index (χ4n) is 4.05. The zero-order valence-corrected chi connectivity index (χ0v) is 16.0. The lowest BCUT2D eigenvalue weighted by atomic mass is 9.94. The minimum absolute atomic E-state index is 0.155. The number of nitrogens with two attached hydrogens (primary N) is 2. The highest BCUT2D eigenvalue weighted by atomic mass is 16.5. The normalized spacial score (nSPS) is 19.1. The summed E-state index contributed by atoms with van der Waals surface area (Å²) in [6, 6.07) is 7.07. The standard InChI is InChI=1S/C21H28N4O3/c22-17(15-3-1-2-4-18(15)26)13-16-20(25-7-11-28-12-8-25)19(24-21(16)23)14-5-9-27-10-6-14/h1-4,13-14,24,26H,5-12,22-23H2/b17-13-. The summed E-state index contributed by atoms with van der Waals surface area (Å²) in [5.74, 6) is 1.13. The molecule has 0 saturated carbocycles. The number of hydrogen-bond acceptors (Lipinski definition) is 6. The molecule has 1 aromatic carbocycles. The molecule has 0 amide bonds. The number of ether oxygens (including phenoxy) is 2. The van der Waals surface area contributed by atoms with Gasteiger partial charge in [-0.05, 0) is 31.1 Å². The third-order valence-corrected chi connectivity index (χ3v) is 5.54. The number of benzene rings is 1. The minimum Gasteiger partial charge on any atom is -0.507 e. The van der Waals surface area contributed by atoms with Gasteiger partial charge in [0.1, 0.15) is 11.6 Å². The predicted molar refractivity (Wildman–Crippen MR) is 111 cm³/mol. The first-order valence-corrected chi connectivity index (χ1v) is 9.82. The molecule has 6 N–H and O–H groups in total. The van der Waals surface area contributed by atoms with E-state index in [0.29, 0.717) is 36.2 Å². The Morgan fingerprint density at radius 3 is 2.50 bits per heavy atom. The van der Waals surface area contributed by atoms with Crippen LogP contribution in [0.25, 0.3) is 11.8 Å². The van der Waals surface area contributed by atoms with Gasteiger partial charge >= 0.3 is 0 Å². The first-order valence-electron chi connectivity index (χ1n) is 9.82. The van der Waals surface area contributed by atoms with Crippen molar-refractivity contribution in [1.29, 1.82) is 0 Å². The van der Waals surface area contributed by atoms with Gasteiger partial charge in [-0.2, -0.15) is 0 Å². The number of aromatic nitrogens is 1. The minimum atomic E-state index is 0.155. The maximum Gasteiger partial charge on any atom is 0.124 e. The zero-order chi connectivity index (χ0) is 19.5. The SMILES string of the molecule is N/C(=C\c1c(N)[nH]c(C2CCOCC2)c1N1CCOCC1)c1ccccc1O. The van der Waals surface area contributed by atoms with E-state index in [1.54, 1.807) is 18.2 Å². The van der Waals surface area contributed by atoms with Crippen molar-refractivity contribution in [2.24, 2.45) is 5.73 Å². The Balaban J connectivity index is 1.78. The third-order valence-electron chi connectivity index (χ3n) is 5.54. The molecule has 28 heavy (non-hydrogen) atoms. The van der Waals surface area contributed by atoms with Crippen LogP contribution in [0, 0.1) is 0 Å². The van der Waals surface area contributed by atoms with Gasteiger partial charge in [0.15, 0.2) is 0 Å². The molecule has 0 radical (unpaired) electrons. The van der Waals surface area contributed by atoms with E-state index in [9.17, 15) is 5.11 Å². The van der Waals surface area contributed by atoms with Gasteiger partial charge in [0.05, 0.1) is 18.9 Å². The molecule has 3 heterocycles. The summed E-state index contributed by atoms with van der Waals surface area (Å²) < 4.78 is 11.1. The Bertz CT molecular complexity index is 849. The number of rotatable bonds is 4. The highest BCUT2D eigenvalue weighted by Gasteiger charge is 2.28. The van der Waals surface area contributed by atoms with Crippen LogP contribution >= 0.6 is 0 Å². The number of phenolic OH excluding ortho intramolecular Hbond substituents is 1. The number of H-pyrrole nitrogens is 1. The van der Waals surface area contributed by atoms with Crippen molar-refractivity contribution < 1.29 is 14.6 Å². The Morgan fingerprint density at radius 1 is 1.11 bits per heavy atom. The molecule has 0 unspecified atom stereocenters. The van der Waals surface area contributed by atoms with Crippen molar-refractivity contribution in [3.63, 3.8) is 0 Å². The van der Waals surface area contributed by atoms with Gasteiger partial charge in [0, 0.05) is 54.7 Å². The highest BCUT2D eigenvalue weighted by Crippen LogP contribution is 2.41. The van der Waals surface area contributed by atoms with Crippen LogP contribution in [-0.2, 0) is 9.47 Å². The fourth-order valence-corrected chi connectivity index (χ4v) is 4.05. The number of aromatic amines is 1. The molecule has 0 atom stereocenters. The maximum absolute atomic E-state index is 10.2. The van der Waals surface area contributed by atoms with E-state index in [4.69, 9.17) is 20.9 Å². The fraction of sp³-hybridized carbons (Fsp3) is 0.429. The lowest BCUT2D eigenvalue weighted by molar-refractivity contribution is 0.0845. The molecule has 0 aliphatic carbocycles. The molecule has 2 saturated heterocycles. The van der Waals surface area contributed by atoms with E-state index < -0.39 is 0 Å². The number of para-hydroxylation sites is 1. The quantitative estimate of drug-likeness (QED) is 0.645. The summed E-state index contributed by atoms with van der Waals surface area (Å²) in [5.41, 5.74) is 17.0. The van der Waals surface area contributed by atoms with Crippen LogP contribution in [0.2, 0.25) is 0 Å². The molecular formula is C21H28N4O3.